The number of ether oxygens (including phenoxy) is 1. The molecule has 2 rings (SSSR count). The van der Waals surface area contributed by atoms with Crippen LogP contribution < -0.4 is 0 Å². The summed E-state index contributed by atoms with van der Waals surface area (Å²) < 4.78 is 5.61. The normalized spacial score (nSPS) is 9.50. The average Bonchev–Trinajstić information content (AvgIpc) is 2.32. The van der Waals surface area contributed by atoms with Gasteiger partial charge in [-0.3, -0.25) is 0 Å². The van der Waals surface area contributed by atoms with Crippen LogP contribution in [-0.4, -0.2) is 23.1 Å². The maximum Gasteiger partial charge on any atom is 0.0721 e. The van der Waals surface area contributed by atoms with Gasteiger partial charge in [0.25, 0.3) is 0 Å². The van der Waals surface area contributed by atoms with Crippen LogP contribution in [0.1, 0.15) is 11.1 Å². The molecule has 0 saturated heterocycles. The van der Waals surface area contributed by atoms with Crippen LogP contribution in [-0.2, 0) is 18.0 Å². The Kier molecular flexibility index (Phi) is 6.15. The van der Waals surface area contributed by atoms with Gasteiger partial charge in [-0.2, -0.15) is 0 Å². The van der Waals surface area contributed by atoms with Crippen LogP contribution in [0.4, 0.5) is 0 Å². The van der Waals surface area contributed by atoms with Gasteiger partial charge in [0.05, 0.1) is 13.2 Å². The summed E-state index contributed by atoms with van der Waals surface area (Å²) in [6.07, 6.45) is 0. The van der Waals surface area contributed by atoms with Gasteiger partial charge in [0.1, 0.15) is 0 Å². The topological polar surface area (TPSA) is 9.23 Å². The van der Waals surface area contributed by atoms with E-state index in [9.17, 15) is 0 Å². The summed E-state index contributed by atoms with van der Waals surface area (Å²) in [6.45, 7) is 1.35. The first-order chi connectivity index (χ1) is 7.45. The standard InChI is InChI=1S/C14H14O.Mg/c1-3-7-13(8-4-1)11-15-12-14-9-5-2-6-10-14;/h1-10H,11-12H2;. The van der Waals surface area contributed by atoms with Crippen LogP contribution in [0.15, 0.2) is 60.7 Å². The van der Waals surface area contributed by atoms with Gasteiger partial charge in [-0.05, 0) is 11.1 Å². The molecule has 2 aromatic rings. The van der Waals surface area contributed by atoms with Crippen molar-refractivity contribution in [3.05, 3.63) is 71.8 Å². The monoisotopic (exact) mass is 222 g/mol. The minimum atomic E-state index is 0. The van der Waals surface area contributed by atoms with Crippen molar-refractivity contribution in [2.45, 2.75) is 13.2 Å². The molecule has 2 radical (unpaired) electrons. The number of benzene rings is 2. The molecule has 0 N–H and O–H groups in total. The third kappa shape index (κ3) is 4.35. The van der Waals surface area contributed by atoms with E-state index in [1.54, 1.807) is 0 Å². The molecule has 0 saturated carbocycles. The van der Waals surface area contributed by atoms with E-state index in [0.29, 0.717) is 13.2 Å². The fraction of sp³-hybridized carbons (Fsp3) is 0.143. The van der Waals surface area contributed by atoms with Crippen molar-refractivity contribution in [3.63, 3.8) is 0 Å². The predicted octanol–water partition coefficient (Wildman–Crippen LogP) is 3.02. The number of hydrogen-bond acceptors (Lipinski definition) is 1. The highest BCUT2D eigenvalue weighted by Crippen LogP contribution is 2.05. The van der Waals surface area contributed by atoms with E-state index in [2.05, 4.69) is 24.3 Å². The van der Waals surface area contributed by atoms with Crippen LogP contribution in [0.2, 0.25) is 0 Å². The van der Waals surface area contributed by atoms with E-state index in [4.69, 9.17) is 4.74 Å². The Morgan fingerprint density at radius 2 is 1.00 bits per heavy atom. The fourth-order valence-electron chi connectivity index (χ4n) is 1.44. The first kappa shape index (κ1) is 13.2. The van der Waals surface area contributed by atoms with Crippen LogP contribution in [0.3, 0.4) is 0 Å². The molecule has 16 heavy (non-hydrogen) atoms. The maximum atomic E-state index is 5.61. The molecule has 0 aliphatic rings. The SMILES string of the molecule is [Mg].c1ccc(COCc2ccccc2)cc1. The van der Waals surface area contributed by atoms with Gasteiger partial charge in [0, 0.05) is 23.1 Å². The van der Waals surface area contributed by atoms with E-state index >= 15 is 0 Å². The van der Waals surface area contributed by atoms with E-state index in [1.165, 1.54) is 11.1 Å². The van der Waals surface area contributed by atoms with Crippen molar-refractivity contribution in [3.8, 4) is 0 Å². The van der Waals surface area contributed by atoms with Crippen molar-refractivity contribution < 1.29 is 4.74 Å². The van der Waals surface area contributed by atoms with Gasteiger partial charge in [0.2, 0.25) is 0 Å². The van der Waals surface area contributed by atoms with E-state index < -0.39 is 0 Å². The molecule has 78 valence electrons. The zero-order valence-electron chi connectivity index (χ0n) is 9.30. The highest BCUT2D eigenvalue weighted by atomic mass is 24.3. The summed E-state index contributed by atoms with van der Waals surface area (Å²) in [4.78, 5) is 0. The summed E-state index contributed by atoms with van der Waals surface area (Å²) in [6, 6.07) is 20.4. The summed E-state index contributed by atoms with van der Waals surface area (Å²) in [5.41, 5.74) is 2.43. The summed E-state index contributed by atoms with van der Waals surface area (Å²) in [5, 5.41) is 0. The molecular weight excluding hydrogens is 208 g/mol. The lowest BCUT2D eigenvalue weighted by Gasteiger charge is -2.03. The van der Waals surface area contributed by atoms with Gasteiger partial charge in [0.15, 0.2) is 0 Å². The smallest absolute Gasteiger partial charge is 0.0721 e. The first-order valence-corrected chi connectivity index (χ1v) is 5.11. The molecule has 2 heteroatoms. The van der Waals surface area contributed by atoms with Crippen LogP contribution in [0, 0.1) is 0 Å². The van der Waals surface area contributed by atoms with Crippen molar-refractivity contribution in [2.24, 2.45) is 0 Å². The Bertz CT molecular complexity index is 346. The fourth-order valence-corrected chi connectivity index (χ4v) is 1.44. The number of hydrogen-bond donors (Lipinski definition) is 0. The molecule has 0 aromatic heterocycles. The molecule has 1 nitrogen and oxygen atoms in total. The highest BCUT2D eigenvalue weighted by molar-refractivity contribution is 5.75. The summed E-state index contributed by atoms with van der Waals surface area (Å²) in [7, 11) is 0. The lowest BCUT2D eigenvalue weighted by atomic mass is 10.2. The largest absolute Gasteiger partial charge is 0.372 e. The molecule has 0 bridgehead atoms. The Labute approximate surface area is 113 Å². The van der Waals surface area contributed by atoms with Crippen LogP contribution in [0.25, 0.3) is 0 Å². The Hall–Kier alpha value is -0.834. The third-order valence-electron chi connectivity index (χ3n) is 2.22. The lowest BCUT2D eigenvalue weighted by Crippen LogP contribution is -1.93. The van der Waals surface area contributed by atoms with Crippen LogP contribution in [0.5, 0.6) is 0 Å². The summed E-state index contributed by atoms with van der Waals surface area (Å²) >= 11 is 0. The molecule has 0 aliphatic heterocycles. The quantitative estimate of drug-likeness (QED) is 0.723. The maximum absolute atomic E-state index is 5.61. The van der Waals surface area contributed by atoms with Gasteiger partial charge in [-0.25, -0.2) is 0 Å². The molecule has 0 aliphatic carbocycles. The minimum Gasteiger partial charge on any atom is -0.372 e. The Morgan fingerprint density at radius 1 is 0.625 bits per heavy atom. The van der Waals surface area contributed by atoms with Gasteiger partial charge in [-0.15, -0.1) is 0 Å². The van der Waals surface area contributed by atoms with Gasteiger partial charge >= 0.3 is 0 Å². The van der Waals surface area contributed by atoms with Crippen molar-refractivity contribution in [2.75, 3.05) is 0 Å². The van der Waals surface area contributed by atoms with Crippen molar-refractivity contribution >= 4 is 23.1 Å². The molecule has 0 unspecified atom stereocenters. The highest BCUT2D eigenvalue weighted by Gasteiger charge is 1.93. The van der Waals surface area contributed by atoms with Gasteiger partial charge in [-0.1, -0.05) is 60.7 Å². The zero-order chi connectivity index (χ0) is 10.3. The predicted molar refractivity (Wildman–Crippen MR) is 67.1 cm³/mol. The van der Waals surface area contributed by atoms with Gasteiger partial charge < -0.3 is 4.74 Å². The van der Waals surface area contributed by atoms with Crippen LogP contribution >= 0.6 is 0 Å². The summed E-state index contributed by atoms with van der Waals surface area (Å²) in [5.74, 6) is 0. The second kappa shape index (κ2) is 7.44. The average molecular weight is 223 g/mol. The second-order valence-electron chi connectivity index (χ2n) is 3.46. The minimum absolute atomic E-state index is 0. The van der Waals surface area contributed by atoms with E-state index in [1.807, 2.05) is 36.4 Å². The molecule has 0 amide bonds. The first-order valence-electron chi connectivity index (χ1n) is 5.11. The molecule has 0 spiro atoms. The molecule has 0 atom stereocenters. The molecule has 2 aromatic carbocycles. The lowest BCUT2D eigenvalue weighted by molar-refractivity contribution is 0.107. The van der Waals surface area contributed by atoms with E-state index in [-0.39, 0.29) is 23.1 Å². The number of rotatable bonds is 4. The van der Waals surface area contributed by atoms with E-state index in [0.717, 1.165) is 0 Å². The van der Waals surface area contributed by atoms with Crippen molar-refractivity contribution in [1.29, 1.82) is 0 Å². The molecule has 0 fully saturated rings. The Morgan fingerprint density at radius 3 is 1.38 bits per heavy atom. The Balaban J connectivity index is 0.00000128. The molecule has 0 heterocycles. The van der Waals surface area contributed by atoms with Crippen molar-refractivity contribution in [1.82, 2.24) is 0 Å². The third-order valence-corrected chi connectivity index (χ3v) is 2.22. The molecular formula is C14H14MgO. The second-order valence-corrected chi connectivity index (χ2v) is 3.46. The zero-order valence-corrected chi connectivity index (χ0v) is 10.7.